The summed E-state index contributed by atoms with van der Waals surface area (Å²) in [6.07, 6.45) is 3.99. The molecule has 1 aromatic carbocycles. The molecular weight excluding hydrogens is 346 g/mol. The van der Waals surface area contributed by atoms with Gasteiger partial charge in [0.2, 0.25) is 0 Å². The summed E-state index contributed by atoms with van der Waals surface area (Å²) in [5, 5.41) is 13.1. The molecule has 4 heteroatoms. The first-order valence-electron chi connectivity index (χ1n) is 5.94. The molecular formula is C13H17Br2NO. The van der Waals surface area contributed by atoms with Crippen molar-refractivity contribution in [3.05, 3.63) is 26.6 Å². The summed E-state index contributed by atoms with van der Waals surface area (Å²) in [5.74, 6) is 0.265. The summed E-state index contributed by atoms with van der Waals surface area (Å²) in [6.45, 7) is 4.21. The molecule has 0 heterocycles. The molecule has 2 N–H and O–H groups in total. The van der Waals surface area contributed by atoms with Gasteiger partial charge in [0, 0.05) is 13.1 Å². The normalized spacial score (nSPS) is 17.1. The Morgan fingerprint density at radius 1 is 1.29 bits per heavy atom. The number of phenolic OH excluding ortho intramolecular Hbond substituents is 1. The largest absolute Gasteiger partial charge is 0.506 e. The first-order chi connectivity index (χ1) is 8.06. The van der Waals surface area contributed by atoms with Gasteiger partial charge in [-0.25, -0.2) is 0 Å². The third-order valence-electron chi connectivity index (χ3n) is 3.61. The highest BCUT2D eigenvalue weighted by Crippen LogP contribution is 2.47. The topological polar surface area (TPSA) is 32.3 Å². The Labute approximate surface area is 119 Å². The third-order valence-corrected chi connectivity index (χ3v) is 4.82. The van der Waals surface area contributed by atoms with Crippen LogP contribution >= 0.6 is 31.9 Å². The Hall–Kier alpha value is -0.0600. The molecule has 0 bridgehead atoms. The molecule has 1 fully saturated rings. The second-order valence-corrected chi connectivity index (χ2v) is 6.57. The summed E-state index contributed by atoms with van der Waals surface area (Å²) in [7, 11) is 0. The molecule has 0 spiro atoms. The third kappa shape index (κ3) is 3.24. The zero-order valence-corrected chi connectivity index (χ0v) is 13.1. The molecule has 1 aliphatic carbocycles. The molecule has 0 aromatic heterocycles. The van der Waals surface area contributed by atoms with E-state index in [-0.39, 0.29) is 5.75 Å². The van der Waals surface area contributed by atoms with E-state index in [0.717, 1.165) is 22.0 Å². The second kappa shape index (κ2) is 5.29. The molecule has 0 unspecified atom stereocenters. The molecule has 2 rings (SSSR count). The van der Waals surface area contributed by atoms with E-state index in [1.165, 1.54) is 24.8 Å². The first kappa shape index (κ1) is 13.4. The molecule has 0 radical (unpaired) electrons. The van der Waals surface area contributed by atoms with Crippen LogP contribution < -0.4 is 5.32 Å². The second-order valence-electron chi connectivity index (χ2n) is 4.87. The molecule has 0 aliphatic heterocycles. The average Bonchev–Trinajstić information content (AvgIpc) is 3.06. The lowest BCUT2D eigenvalue weighted by Gasteiger charge is -2.14. The van der Waals surface area contributed by atoms with Crippen LogP contribution in [0, 0.1) is 5.41 Å². The van der Waals surface area contributed by atoms with Crippen molar-refractivity contribution in [1.82, 2.24) is 5.32 Å². The van der Waals surface area contributed by atoms with E-state index in [2.05, 4.69) is 44.1 Å². The number of phenols is 1. The molecule has 0 atom stereocenters. The average molecular weight is 363 g/mol. The monoisotopic (exact) mass is 361 g/mol. The van der Waals surface area contributed by atoms with Crippen molar-refractivity contribution in [2.45, 2.75) is 32.7 Å². The standard InChI is InChI=1S/C13H17Br2NO/c1-2-13(3-4-13)8-16-7-9-5-10(14)12(17)11(15)6-9/h5-6,16-17H,2-4,7-8H2,1H3. The zero-order valence-electron chi connectivity index (χ0n) is 9.89. The van der Waals surface area contributed by atoms with Gasteiger partial charge >= 0.3 is 0 Å². The highest BCUT2D eigenvalue weighted by atomic mass is 79.9. The van der Waals surface area contributed by atoms with Crippen LogP contribution in [0.25, 0.3) is 0 Å². The first-order valence-corrected chi connectivity index (χ1v) is 7.52. The molecule has 0 amide bonds. The van der Waals surface area contributed by atoms with E-state index in [1.54, 1.807) is 0 Å². The van der Waals surface area contributed by atoms with Gasteiger partial charge in [0.1, 0.15) is 5.75 Å². The van der Waals surface area contributed by atoms with Crippen LogP contribution in [0.3, 0.4) is 0 Å². The quantitative estimate of drug-likeness (QED) is 0.822. The number of nitrogens with one attached hydrogen (secondary N) is 1. The van der Waals surface area contributed by atoms with Gasteiger partial charge in [0.15, 0.2) is 0 Å². The molecule has 0 saturated heterocycles. The van der Waals surface area contributed by atoms with E-state index < -0.39 is 0 Å². The van der Waals surface area contributed by atoms with Crippen LogP contribution in [0.5, 0.6) is 5.75 Å². The van der Waals surface area contributed by atoms with Crippen LogP contribution in [0.2, 0.25) is 0 Å². The van der Waals surface area contributed by atoms with Gasteiger partial charge in [0.25, 0.3) is 0 Å². The zero-order chi connectivity index (χ0) is 12.5. The number of benzene rings is 1. The maximum absolute atomic E-state index is 9.62. The van der Waals surface area contributed by atoms with Crippen LogP contribution in [-0.4, -0.2) is 11.7 Å². The molecule has 94 valence electrons. The lowest BCUT2D eigenvalue weighted by molar-refractivity contribution is 0.442. The summed E-state index contributed by atoms with van der Waals surface area (Å²) in [4.78, 5) is 0. The number of hydrogen-bond donors (Lipinski definition) is 2. The lowest BCUT2D eigenvalue weighted by atomic mass is 10.0. The molecule has 1 saturated carbocycles. The fourth-order valence-corrected chi connectivity index (χ4v) is 3.31. The smallest absolute Gasteiger partial charge is 0.143 e. The van der Waals surface area contributed by atoms with Gasteiger partial charge < -0.3 is 10.4 Å². The van der Waals surface area contributed by atoms with Crippen molar-refractivity contribution in [3.8, 4) is 5.75 Å². The van der Waals surface area contributed by atoms with Crippen molar-refractivity contribution in [1.29, 1.82) is 0 Å². The van der Waals surface area contributed by atoms with Gasteiger partial charge in [-0.3, -0.25) is 0 Å². The SMILES string of the molecule is CCC1(CNCc2cc(Br)c(O)c(Br)c2)CC1. The minimum absolute atomic E-state index is 0.265. The summed E-state index contributed by atoms with van der Waals surface area (Å²) in [6, 6.07) is 3.91. The Morgan fingerprint density at radius 2 is 1.88 bits per heavy atom. The predicted molar refractivity (Wildman–Crippen MR) is 77.2 cm³/mol. The van der Waals surface area contributed by atoms with Crippen molar-refractivity contribution in [2.75, 3.05) is 6.54 Å². The van der Waals surface area contributed by atoms with Gasteiger partial charge in [-0.2, -0.15) is 0 Å². The van der Waals surface area contributed by atoms with E-state index in [9.17, 15) is 5.11 Å². The fraction of sp³-hybridized carbons (Fsp3) is 0.538. The number of aromatic hydroxyl groups is 1. The highest BCUT2D eigenvalue weighted by Gasteiger charge is 2.39. The lowest BCUT2D eigenvalue weighted by Crippen LogP contribution is -2.23. The van der Waals surface area contributed by atoms with Crippen molar-refractivity contribution in [3.63, 3.8) is 0 Å². The van der Waals surface area contributed by atoms with E-state index in [1.807, 2.05) is 12.1 Å². The number of hydrogen-bond acceptors (Lipinski definition) is 2. The molecule has 1 aliphatic rings. The Morgan fingerprint density at radius 3 is 2.35 bits per heavy atom. The van der Waals surface area contributed by atoms with Crippen molar-refractivity contribution < 1.29 is 5.11 Å². The Kier molecular flexibility index (Phi) is 4.16. The van der Waals surface area contributed by atoms with Crippen LogP contribution in [0.4, 0.5) is 0 Å². The van der Waals surface area contributed by atoms with E-state index >= 15 is 0 Å². The van der Waals surface area contributed by atoms with Gasteiger partial charge in [0.05, 0.1) is 8.95 Å². The maximum atomic E-state index is 9.62. The van der Waals surface area contributed by atoms with Crippen LogP contribution in [0.15, 0.2) is 21.1 Å². The Bertz CT molecular complexity index is 393. The minimum atomic E-state index is 0.265. The summed E-state index contributed by atoms with van der Waals surface area (Å²) in [5.41, 5.74) is 1.75. The minimum Gasteiger partial charge on any atom is -0.506 e. The molecule has 1 aromatic rings. The fourth-order valence-electron chi connectivity index (χ4n) is 2.02. The Balaban J connectivity index is 1.91. The van der Waals surface area contributed by atoms with E-state index in [4.69, 9.17) is 0 Å². The number of rotatable bonds is 5. The predicted octanol–water partition coefficient (Wildman–Crippen LogP) is 4.20. The van der Waals surface area contributed by atoms with Crippen molar-refractivity contribution >= 4 is 31.9 Å². The molecule has 2 nitrogen and oxygen atoms in total. The maximum Gasteiger partial charge on any atom is 0.143 e. The van der Waals surface area contributed by atoms with Crippen LogP contribution in [0.1, 0.15) is 31.7 Å². The highest BCUT2D eigenvalue weighted by molar-refractivity contribution is 9.11. The van der Waals surface area contributed by atoms with Crippen molar-refractivity contribution in [2.24, 2.45) is 5.41 Å². The van der Waals surface area contributed by atoms with Crippen LogP contribution in [-0.2, 0) is 6.54 Å². The van der Waals surface area contributed by atoms with Gasteiger partial charge in [-0.1, -0.05) is 6.92 Å². The summed E-state index contributed by atoms with van der Waals surface area (Å²) < 4.78 is 1.47. The van der Waals surface area contributed by atoms with Gasteiger partial charge in [-0.15, -0.1) is 0 Å². The van der Waals surface area contributed by atoms with Gasteiger partial charge in [-0.05, 0) is 74.2 Å². The number of halogens is 2. The molecule has 17 heavy (non-hydrogen) atoms. The summed E-state index contributed by atoms with van der Waals surface area (Å²) >= 11 is 6.69. The van der Waals surface area contributed by atoms with E-state index in [0.29, 0.717) is 5.41 Å².